The summed E-state index contributed by atoms with van der Waals surface area (Å²) in [4.78, 5) is 2.65. The van der Waals surface area contributed by atoms with Crippen LogP contribution in [0.4, 0.5) is 0 Å². The first-order chi connectivity index (χ1) is 8.22. The van der Waals surface area contributed by atoms with Gasteiger partial charge in [0.1, 0.15) is 0 Å². The van der Waals surface area contributed by atoms with Crippen molar-refractivity contribution >= 4 is 0 Å². The van der Waals surface area contributed by atoms with Crippen LogP contribution in [0, 0.1) is 11.3 Å². The lowest BCUT2D eigenvalue weighted by molar-refractivity contribution is 0.149. The fourth-order valence-corrected chi connectivity index (χ4v) is 2.43. The lowest BCUT2D eigenvalue weighted by Gasteiger charge is -2.35. The summed E-state index contributed by atoms with van der Waals surface area (Å²) in [5.74, 6) is 0.733. The van der Waals surface area contributed by atoms with E-state index >= 15 is 0 Å². The average Bonchev–Trinajstić information content (AvgIpc) is 2.24. The summed E-state index contributed by atoms with van der Waals surface area (Å²) in [5, 5.41) is 0. The number of rotatable bonds is 8. The zero-order valence-corrected chi connectivity index (χ0v) is 13.8. The van der Waals surface area contributed by atoms with Gasteiger partial charge in [-0.1, -0.05) is 48.5 Å². The molecule has 0 aliphatic rings. The van der Waals surface area contributed by atoms with Crippen molar-refractivity contribution in [3.05, 3.63) is 0 Å². The highest BCUT2D eigenvalue weighted by atomic mass is 15.2. The molecule has 0 aliphatic heterocycles. The molecule has 2 heteroatoms. The Morgan fingerprint density at radius 3 is 1.89 bits per heavy atom. The largest absolute Gasteiger partial charge is 0.327 e. The summed E-state index contributed by atoms with van der Waals surface area (Å²) < 4.78 is 0. The van der Waals surface area contributed by atoms with Crippen molar-refractivity contribution in [1.29, 1.82) is 0 Å². The van der Waals surface area contributed by atoms with Crippen molar-refractivity contribution < 1.29 is 0 Å². The molecule has 0 bridgehead atoms. The Balaban J connectivity index is 4.41. The lowest BCUT2D eigenvalue weighted by atomic mass is 9.85. The van der Waals surface area contributed by atoms with E-state index in [9.17, 15) is 0 Å². The molecule has 1 unspecified atom stereocenters. The van der Waals surface area contributed by atoms with Crippen LogP contribution in [0.3, 0.4) is 0 Å². The molecule has 0 amide bonds. The summed E-state index contributed by atoms with van der Waals surface area (Å²) in [6.07, 6.45) is 3.59. The maximum absolute atomic E-state index is 6.29. The van der Waals surface area contributed by atoms with Crippen LogP contribution in [0.1, 0.15) is 67.7 Å². The van der Waals surface area contributed by atoms with Crippen LogP contribution in [-0.4, -0.2) is 30.1 Å². The molecule has 18 heavy (non-hydrogen) atoms. The second kappa shape index (κ2) is 8.16. The Morgan fingerprint density at radius 2 is 1.56 bits per heavy atom. The molecular formula is C16H36N2. The Hall–Kier alpha value is -0.0800. The zero-order valence-electron chi connectivity index (χ0n) is 13.8. The molecule has 1 atom stereocenters. The van der Waals surface area contributed by atoms with Crippen LogP contribution >= 0.6 is 0 Å². The topological polar surface area (TPSA) is 29.3 Å². The minimum Gasteiger partial charge on any atom is -0.327 e. The SMILES string of the molecule is CCC(CC)N(CCC(N)C(C)(C)C)CC(C)C. The molecule has 110 valence electrons. The predicted molar refractivity (Wildman–Crippen MR) is 82.8 cm³/mol. The van der Waals surface area contributed by atoms with Crippen LogP contribution in [0.2, 0.25) is 0 Å². The van der Waals surface area contributed by atoms with Gasteiger partial charge in [0.25, 0.3) is 0 Å². The first-order valence-electron chi connectivity index (χ1n) is 7.71. The average molecular weight is 256 g/mol. The van der Waals surface area contributed by atoms with Crippen molar-refractivity contribution in [2.45, 2.75) is 79.8 Å². The molecule has 2 nitrogen and oxygen atoms in total. The Bertz CT molecular complexity index is 202. The first kappa shape index (κ1) is 17.9. The van der Waals surface area contributed by atoms with Gasteiger partial charge >= 0.3 is 0 Å². The zero-order chi connectivity index (χ0) is 14.3. The van der Waals surface area contributed by atoms with E-state index in [-0.39, 0.29) is 5.41 Å². The molecule has 0 aliphatic carbocycles. The van der Waals surface area contributed by atoms with Gasteiger partial charge in [0.2, 0.25) is 0 Å². The van der Waals surface area contributed by atoms with Gasteiger partial charge in [-0.15, -0.1) is 0 Å². The predicted octanol–water partition coefficient (Wildman–Crippen LogP) is 3.90. The van der Waals surface area contributed by atoms with Gasteiger partial charge in [-0.2, -0.15) is 0 Å². The molecule has 0 fully saturated rings. The maximum Gasteiger partial charge on any atom is 0.00998 e. The van der Waals surface area contributed by atoms with Gasteiger partial charge in [-0.25, -0.2) is 0 Å². The molecule has 0 rings (SSSR count). The van der Waals surface area contributed by atoms with Crippen LogP contribution in [0.5, 0.6) is 0 Å². The summed E-state index contributed by atoms with van der Waals surface area (Å²) in [7, 11) is 0. The molecule has 0 heterocycles. The highest BCUT2D eigenvalue weighted by Gasteiger charge is 2.23. The van der Waals surface area contributed by atoms with E-state index in [1.54, 1.807) is 0 Å². The van der Waals surface area contributed by atoms with Crippen LogP contribution in [-0.2, 0) is 0 Å². The minimum absolute atomic E-state index is 0.220. The molecule has 0 aromatic carbocycles. The quantitative estimate of drug-likeness (QED) is 0.714. The van der Waals surface area contributed by atoms with Gasteiger partial charge in [0, 0.05) is 18.6 Å². The fraction of sp³-hybridized carbons (Fsp3) is 1.00. The molecule has 0 radical (unpaired) electrons. The number of hydrogen-bond acceptors (Lipinski definition) is 2. The smallest absolute Gasteiger partial charge is 0.00998 e. The molecule has 0 saturated carbocycles. The molecule has 0 saturated heterocycles. The van der Waals surface area contributed by atoms with Gasteiger partial charge in [0.15, 0.2) is 0 Å². The van der Waals surface area contributed by atoms with E-state index in [2.05, 4.69) is 53.4 Å². The minimum atomic E-state index is 0.220. The van der Waals surface area contributed by atoms with Crippen LogP contribution in [0.25, 0.3) is 0 Å². The number of nitrogens with two attached hydrogens (primary N) is 1. The van der Waals surface area contributed by atoms with E-state index in [0.29, 0.717) is 6.04 Å². The van der Waals surface area contributed by atoms with E-state index in [1.807, 2.05) is 0 Å². The second-order valence-corrected chi connectivity index (χ2v) is 7.12. The fourth-order valence-electron chi connectivity index (χ4n) is 2.43. The van der Waals surface area contributed by atoms with E-state index in [4.69, 9.17) is 5.73 Å². The highest BCUT2D eigenvalue weighted by molar-refractivity contribution is 4.80. The number of nitrogens with zero attached hydrogens (tertiary/aromatic N) is 1. The summed E-state index contributed by atoms with van der Waals surface area (Å²) in [6.45, 7) is 18.3. The van der Waals surface area contributed by atoms with E-state index < -0.39 is 0 Å². The monoisotopic (exact) mass is 256 g/mol. The Morgan fingerprint density at radius 1 is 1.06 bits per heavy atom. The Labute approximate surface area is 115 Å². The van der Waals surface area contributed by atoms with Crippen molar-refractivity contribution in [2.75, 3.05) is 13.1 Å². The van der Waals surface area contributed by atoms with Crippen LogP contribution in [0.15, 0.2) is 0 Å². The first-order valence-corrected chi connectivity index (χ1v) is 7.71. The van der Waals surface area contributed by atoms with E-state index in [0.717, 1.165) is 24.9 Å². The van der Waals surface area contributed by atoms with Gasteiger partial charge in [-0.05, 0) is 37.1 Å². The van der Waals surface area contributed by atoms with Crippen LogP contribution < -0.4 is 5.73 Å². The molecule has 2 N–H and O–H groups in total. The van der Waals surface area contributed by atoms with Gasteiger partial charge in [-0.3, -0.25) is 0 Å². The molecule has 0 spiro atoms. The second-order valence-electron chi connectivity index (χ2n) is 7.12. The standard InChI is InChI=1S/C16H36N2/c1-8-14(9-2)18(12-13(3)4)11-10-15(17)16(5,6)7/h13-15H,8-12,17H2,1-7H3. The molecule has 0 aromatic heterocycles. The lowest BCUT2D eigenvalue weighted by Crippen LogP contribution is -2.43. The summed E-state index contributed by atoms with van der Waals surface area (Å²) in [6, 6.07) is 1.01. The maximum atomic E-state index is 6.29. The molecular weight excluding hydrogens is 220 g/mol. The molecule has 0 aromatic rings. The van der Waals surface area contributed by atoms with Gasteiger partial charge < -0.3 is 10.6 Å². The Kier molecular flexibility index (Phi) is 8.13. The third-order valence-corrected chi connectivity index (χ3v) is 3.90. The highest BCUT2D eigenvalue weighted by Crippen LogP contribution is 2.21. The van der Waals surface area contributed by atoms with Crippen molar-refractivity contribution in [3.63, 3.8) is 0 Å². The van der Waals surface area contributed by atoms with Crippen molar-refractivity contribution in [1.82, 2.24) is 4.90 Å². The third-order valence-electron chi connectivity index (χ3n) is 3.90. The van der Waals surface area contributed by atoms with Crippen molar-refractivity contribution in [2.24, 2.45) is 17.1 Å². The summed E-state index contributed by atoms with van der Waals surface area (Å²) >= 11 is 0. The third kappa shape index (κ3) is 6.75. The summed E-state index contributed by atoms with van der Waals surface area (Å²) in [5.41, 5.74) is 6.51. The number of hydrogen-bond donors (Lipinski definition) is 1. The van der Waals surface area contributed by atoms with E-state index in [1.165, 1.54) is 19.4 Å². The normalized spacial score (nSPS) is 14.8. The van der Waals surface area contributed by atoms with Gasteiger partial charge in [0.05, 0.1) is 0 Å². The van der Waals surface area contributed by atoms with Crippen molar-refractivity contribution in [3.8, 4) is 0 Å².